The number of likely N-dealkylation sites (tertiary alicyclic amines) is 1. The Balaban J connectivity index is 1.80. The fourth-order valence-electron chi connectivity index (χ4n) is 4.32. The molecule has 0 atom stereocenters. The second kappa shape index (κ2) is 8.10. The SMILES string of the molecule is CCc1ccc(N2C(=O)C(c3ccc(C)c(C)c3)=C(N3CCC(C)CC3)C2=O)cc1. The number of rotatable bonds is 4. The lowest BCUT2D eigenvalue weighted by atomic mass is 9.96. The van der Waals surface area contributed by atoms with Gasteiger partial charge in [-0.15, -0.1) is 0 Å². The molecule has 0 aromatic heterocycles. The summed E-state index contributed by atoms with van der Waals surface area (Å²) < 4.78 is 0. The van der Waals surface area contributed by atoms with Crippen LogP contribution in [0.5, 0.6) is 0 Å². The van der Waals surface area contributed by atoms with E-state index in [2.05, 4.69) is 25.7 Å². The van der Waals surface area contributed by atoms with Gasteiger partial charge in [0.05, 0.1) is 11.3 Å². The molecule has 2 aromatic carbocycles. The normalized spacial score (nSPS) is 18.0. The molecule has 1 saturated heterocycles. The highest BCUT2D eigenvalue weighted by molar-refractivity contribution is 6.45. The number of carbonyl (C=O) groups is 2. The van der Waals surface area contributed by atoms with Crippen molar-refractivity contribution < 1.29 is 9.59 Å². The summed E-state index contributed by atoms with van der Waals surface area (Å²) in [5, 5.41) is 0. The summed E-state index contributed by atoms with van der Waals surface area (Å²) in [6.45, 7) is 10.1. The van der Waals surface area contributed by atoms with Crippen molar-refractivity contribution in [3.8, 4) is 0 Å². The smallest absolute Gasteiger partial charge is 0.282 e. The number of nitrogens with zero attached hydrogens (tertiary/aromatic N) is 2. The fraction of sp³-hybridized carbons (Fsp3) is 0.385. The fourth-order valence-corrected chi connectivity index (χ4v) is 4.32. The van der Waals surface area contributed by atoms with Gasteiger partial charge < -0.3 is 4.90 Å². The molecule has 0 radical (unpaired) electrons. The first-order chi connectivity index (χ1) is 14.4. The van der Waals surface area contributed by atoms with E-state index < -0.39 is 0 Å². The number of hydrogen-bond donors (Lipinski definition) is 0. The average molecular weight is 403 g/mol. The van der Waals surface area contributed by atoms with Gasteiger partial charge in [-0.2, -0.15) is 0 Å². The highest BCUT2D eigenvalue weighted by Crippen LogP contribution is 2.37. The third kappa shape index (κ3) is 3.55. The lowest BCUT2D eigenvalue weighted by molar-refractivity contribution is -0.120. The summed E-state index contributed by atoms with van der Waals surface area (Å²) in [5.74, 6) is 0.227. The average Bonchev–Trinajstić information content (AvgIpc) is 3.01. The van der Waals surface area contributed by atoms with Crippen LogP contribution in [0.15, 0.2) is 48.2 Å². The van der Waals surface area contributed by atoms with Crippen LogP contribution in [-0.4, -0.2) is 29.8 Å². The minimum atomic E-state index is -0.221. The minimum Gasteiger partial charge on any atom is -0.366 e. The van der Waals surface area contributed by atoms with Gasteiger partial charge in [-0.25, -0.2) is 4.90 Å². The molecule has 2 aromatic rings. The van der Waals surface area contributed by atoms with E-state index in [9.17, 15) is 9.59 Å². The number of carbonyl (C=O) groups excluding carboxylic acids is 2. The van der Waals surface area contributed by atoms with Gasteiger partial charge >= 0.3 is 0 Å². The lowest BCUT2D eigenvalue weighted by Gasteiger charge is -2.32. The van der Waals surface area contributed by atoms with Gasteiger partial charge in [0, 0.05) is 13.1 Å². The quantitative estimate of drug-likeness (QED) is 0.684. The summed E-state index contributed by atoms with van der Waals surface area (Å²) in [5.41, 5.74) is 6.06. The molecular formula is C26H30N2O2. The molecule has 0 unspecified atom stereocenters. The van der Waals surface area contributed by atoms with Gasteiger partial charge in [0.25, 0.3) is 11.8 Å². The number of amides is 2. The van der Waals surface area contributed by atoms with Crippen molar-refractivity contribution in [1.82, 2.24) is 4.90 Å². The van der Waals surface area contributed by atoms with E-state index in [-0.39, 0.29) is 11.8 Å². The Morgan fingerprint density at radius 2 is 1.57 bits per heavy atom. The van der Waals surface area contributed by atoms with E-state index in [0.717, 1.165) is 43.5 Å². The summed E-state index contributed by atoms with van der Waals surface area (Å²) in [6, 6.07) is 13.8. The summed E-state index contributed by atoms with van der Waals surface area (Å²) in [7, 11) is 0. The maximum atomic E-state index is 13.6. The number of aryl methyl sites for hydroxylation is 3. The Morgan fingerprint density at radius 3 is 2.17 bits per heavy atom. The molecule has 0 saturated carbocycles. The Hall–Kier alpha value is -2.88. The van der Waals surface area contributed by atoms with Crippen molar-refractivity contribution in [2.75, 3.05) is 18.0 Å². The van der Waals surface area contributed by atoms with Gasteiger partial charge in [0.15, 0.2) is 0 Å². The van der Waals surface area contributed by atoms with E-state index >= 15 is 0 Å². The van der Waals surface area contributed by atoms with E-state index in [1.165, 1.54) is 16.0 Å². The van der Waals surface area contributed by atoms with Crippen molar-refractivity contribution in [3.63, 3.8) is 0 Å². The number of benzene rings is 2. The standard InChI is InChI=1S/C26H30N2O2/c1-5-20-7-10-22(11-8-20)28-25(29)23(21-9-6-18(3)19(4)16-21)24(26(28)30)27-14-12-17(2)13-15-27/h6-11,16-17H,5,12-15H2,1-4H3. The highest BCUT2D eigenvalue weighted by Gasteiger charge is 2.43. The van der Waals surface area contributed by atoms with Gasteiger partial charge in [-0.1, -0.05) is 44.2 Å². The van der Waals surface area contributed by atoms with Crippen molar-refractivity contribution in [2.24, 2.45) is 5.92 Å². The maximum absolute atomic E-state index is 13.6. The van der Waals surface area contributed by atoms with E-state index in [0.29, 0.717) is 22.9 Å². The molecule has 1 fully saturated rings. The topological polar surface area (TPSA) is 40.6 Å². The number of hydrogen-bond acceptors (Lipinski definition) is 3. The zero-order chi connectivity index (χ0) is 21.4. The predicted molar refractivity (Wildman–Crippen MR) is 121 cm³/mol. The zero-order valence-electron chi connectivity index (χ0n) is 18.4. The maximum Gasteiger partial charge on any atom is 0.282 e. The molecular weight excluding hydrogens is 372 g/mol. The second-order valence-corrected chi connectivity index (χ2v) is 8.66. The molecule has 0 spiro atoms. The molecule has 30 heavy (non-hydrogen) atoms. The van der Waals surface area contributed by atoms with Crippen LogP contribution < -0.4 is 4.90 Å². The molecule has 4 nitrogen and oxygen atoms in total. The molecule has 2 aliphatic rings. The predicted octanol–water partition coefficient (Wildman–Crippen LogP) is 4.88. The number of imide groups is 1. The van der Waals surface area contributed by atoms with Gasteiger partial charge in [-0.05, 0) is 73.4 Å². The van der Waals surface area contributed by atoms with Crippen LogP contribution in [-0.2, 0) is 16.0 Å². The number of anilines is 1. The Labute approximate surface area is 179 Å². The van der Waals surface area contributed by atoms with Crippen LogP contribution >= 0.6 is 0 Å². The van der Waals surface area contributed by atoms with Crippen LogP contribution in [0.3, 0.4) is 0 Å². The van der Waals surface area contributed by atoms with E-state index in [1.54, 1.807) is 0 Å². The monoisotopic (exact) mass is 402 g/mol. The molecule has 2 aliphatic heterocycles. The largest absolute Gasteiger partial charge is 0.366 e. The molecule has 156 valence electrons. The highest BCUT2D eigenvalue weighted by atomic mass is 16.2. The van der Waals surface area contributed by atoms with Gasteiger partial charge in [0.2, 0.25) is 0 Å². The Morgan fingerprint density at radius 1 is 0.900 bits per heavy atom. The van der Waals surface area contributed by atoms with Crippen LogP contribution in [0.1, 0.15) is 48.9 Å². The van der Waals surface area contributed by atoms with Crippen LogP contribution in [0, 0.1) is 19.8 Å². The second-order valence-electron chi connectivity index (χ2n) is 8.66. The van der Waals surface area contributed by atoms with Crippen molar-refractivity contribution in [1.29, 1.82) is 0 Å². The molecule has 2 amide bonds. The summed E-state index contributed by atoms with van der Waals surface area (Å²) >= 11 is 0. The molecule has 0 bridgehead atoms. The molecule has 4 rings (SSSR count). The zero-order valence-corrected chi connectivity index (χ0v) is 18.4. The van der Waals surface area contributed by atoms with E-state index in [1.807, 2.05) is 49.4 Å². The minimum absolute atomic E-state index is 0.202. The van der Waals surface area contributed by atoms with Gasteiger partial charge in [0.1, 0.15) is 5.70 Å². The van der Waals surface area contributed by atoms with Crippen LogP contribution in [0.25, 0.3) is 5.57 Å². The third-order valence-electron chi connectivity index (χ3n) is 6.56. The van der Waals surface area contributed by atoms with Crippen LogP contribution in [0.4, 0.5) is 5.69 Å². The van der Waals surface area contributed by atoms with E-state index in [4.69, 9.17) is 0 Å². The number of piperidine rings is 1. The first kappa shape index (κ1) is 20.4. The molecule has 4 heteroatoms. The molecule has 0 N–H and O–H groups in total. The molecule has 0 aliphatic carbocycles. The molecule has 2 heterocycles. The van der Waals surface area contributed by atoms with Crippen molar-refractivity contribution in [3.05, 3.63) is 70.4 Å². The summed E-state index contributed by atoms with van der Waals surface area (Å²) in [6.07, 6.45) is 3.00. The van der Waals surface area contributed by atoms with Gasteiger partial charge in [-0.3, -0.25) is 9.59 Å². The van der Waals surface area contributed by atoms with Crippen LogP contribution in [0.2, 0.25) is 0 Å². The third-order valence-corrected chi connectivity index (χ3v) is 6.56. The Kier molecular flexibility index (Phi) is 5.50. The first-order valence-electron chi connectivity index (χ1n) is 10.9. The lowest BCUT2D eigenvalue weighted by Crippen LogP contribution is -2.38. The summed E-state index contributed by atoms with van der Waals surface area (Å²) in [4.78, 5) is 30.7. The van der Waals surface area contributed by atoms with Crippen molar-refractivity contribution in [2.45, 2.75) is 47.0 Å². The van der Waals surface area contributed by atoms with Crippen molar-refractivity contribution >= 4 is 23.1 Å². The Bertz CT molecular complexity index is 1010. The first-order valence-corrected chi connectivity index (χ1v) is 10.9.